The van der Waals surface area contributed by atoms with Crippen molar-refractivity contribution in [2.24, 2.45) is 5.73 Å². The zero-order valence-electron chi connectivity index (χ0n) is 8.10. The van der Waals surface area contributed by atoms with Gasteiger partial charge in [-0.3, -0.25) is 5.10 Å². The summed E-state index contributed by atoms with van der Waals surface area (Å²) in [6, 6.07) is 1.79. The first kappa shape index (κ1) is 10.7. The van der Waals surface area contributed by atoms with Crippen LogP contribution in [0.5, 0.6) is 0 Å². The van der Waals surface area contributed by atoms with Gasteiger partial charge in [-0.15, -0.1) is 0 Å². The molecule has 1 aromatic heterocycles. The third kappa shape index (κ3) is 1.67. The van der Waals surface area contributed by atoms with Gasteiger partial charge < -0.3 is 5.73 Å². The maximum atomic E-state index is 13.0. The Morgan fingerprint density at radius 2 is 1.81 bits per heavy atom. The van der Waals surface area contributed by atoms with E-state index in [4.69, 9.17) is 5.73 Å². The third-order valence-electron chi connectivity index (χ3n) is 2.21. The van der Waals surface area contributed by atoms with Crippen LogP contribution in [0.15, 0.2) is 18.3 Å². The van der Waals surface area contributed by atoms with Crippen molar-refractivity contribution < 1.29 is 13.2 Å². The molecule has 6 heteroatoms. The summed E-state index contributed by atoms with van der Waals surface area (Å²) in [5.74, 6) is -3.97. The fraction of sp³-hybridized carbons (Fsp3) is 0.100. The maximum Gasteiger partial charge on any atom is 0.194 e. The summed E-state index contributed by atoms with van der Waals surface area (Å²) in [5.41, 5.74) is 6.58. The van der Waals surface area contributed by atoms with Gasteiger partial charge >= 0.3 is 0 Å². The topological polar surface area (TPSA) is 54.7 Å². The smallest absolute Gasteiger partial charge is 0.194 e. The highest BCUT2D eigenvalue weighted by atomic mass is 19.2. The standard InChI is InChI=1S/C10H8F3N3/c11-7-1-5(2-8(12)9(7)13)10-6(3-14)4-15-16-10/h1-2,4H,3,14H2,(H,15,16). The number of nitrogens with one attached hydrogen (secondary N) is 1. The van der Waals surface area contributed by atoms with Crippen molar-refractivity contribution in [1.82, 2.24) is 10.2 Å². The third-order valence-corrected chi connectivity index (χ3v) is 2.21. The molecule has 0 fully saturated rings. The molecular weight excluding hydrogens is 219 g/mol. The average Bonchev–Trinajstić information content (AvgIpc) is 2.73. The predicted molar refractivity (Wildman–Crippen MR) is 51.8 cm³/mol. The molecule has 0 saturated heterocycles. The van der Waals surface area contributed by atoms with E-state index >= 15 is 0 Å². The van der Waals surface area contributed by atoms with Crippen LogP contribution >= 0.6 is 0 Å². The molecule has 0 amide bonds. The summed E-state index contributed by atoms with van der Waals surface area (Å²) in [6.07, 6.45) is 1.45. The molecule has 2 aromatic rings. The summed E-state index contributed by atoms with van der Waals surface area (Å²) >= 11 is 0. The van der Waals surface area contributed by atoms with E-state index in [1.54, 1.807) is 0 Å². The first-order valence-electron chi connectivity index (χ1n) is 4.50. The normalized spacial score (nSPS) is 10.8. The van der Waals surface area contributed by atoms with Crippen LogP contribution < -0.4 is 5.73 Å². The fourth-order valence-corrected chi connectivity index (χ4v) is 1.42. The Balaban J connectivity index is 2.57. The monoisotopic (exact) mass is 227 g/mol. The molecule has 0 spiro atoms. The van der Waals surface area contributed by atoms with E-state index in [-0.39, 0.29) is 12.1 Å². The maximum absolute atomic E-state index is 13.0. The molecule has 16 heavy (non-hydrogen) atoms. The van der Waals surface area contributed by atoms with Crippen LogP contribution in [0.2, 0.25) is 0 Å². The van der Waals surface area contributed by atoms with Gasteiger partial charge in [0.05, 0.1) is 11.9 Å². The van der Waals surface area contributed by atoms with Gasteiger partial charge in [0.15, 0.2) is 17.5 Å². The van der Waals surface area contributed by atoms with Crippen LogP contribution in [-0.4, -0.2) is 10.2 Å². The summed E-state index contributed by atoms with van der Waals surface area (Å²) in [4.78, 5) is 0. The number of halogens is 3. The molecule has 1 aromatic carbocycles. The minimum Gasteiger partial charge on any atom is -0.326 e. The number of rotatable bonds is 2. The molecular formula is C10H8F3N3. The number of H-pyrrole nitrogens is 1. The number of nitrogens with zero attached hydrogens (tertiary/aromatic N) is 1. The van der Waals surface area contributed by atoms with Crippen molar-refractivity contribution in [3.8, 4) is 11.3 Å². The van der Waals surface area contributed by atoms with Gasteiger partial charge in [0.1, 0.15) is 0 Å². The Morgan fingerprint density at radius 3 is 2.38 bits per heavy atom. The van der Waals surface area contributed by atoms with Gasteiger partial charge in [-0.05, 0) is 12.1 Å². The number of hydrogen-bond acceptors (Lipinski definition) is 2. The highest BCUT2D eigenvalue weighted by Crippen LogP contribution is 2.24. The van der Waals surface area contributed by atoms with Gasteiger partial charge in [-0.1, -0.05) is 0 Å². The van der Waals surface area contributed by atoms with E-state index in [1.807, 2.05) is 0 Å². The lowest BCUT2D eigenvalue weighted by Gasteiger charge is -2.03. The van der Waals surface area contributed by atoms with Gasteiger partial charge in [0, 0.05) is 17.7 Å². The first-order chi connectivity index (χ1) is 7.63. The van der Waals surface area contributed by atoms with Gasteiger partial charge in [0.2, 0.25) is 0 Å². The zero-order valence-corrected chi connectivity index (χ0v) is 8.10. The Hall–Kier alpha value is -1.82. The van der Waals surface area contributed by atoms with Crippen molar-refractivity contribution in [1.29, 1.82) is 0 Å². The van der Waals surface area contributed by atoms with Crippen LogP contribution in [0.25, 0.3) is 11.3 Å². The molecule has 1 heterocycles. The highest BCUT2D eigenvalue weighted by molar-refractivity contribution is 5.62. The van der Waals surface area contributed by atoms with Gasteiger partial charge in [-0.25, -0.2) is 13.2 Å². The van der Waals surface area contributed by atoms with Gasteiger partial charge in [-0.2, -0.15) is 5.10 Å². The second-order valence-electron chi connectivity index (χ2n) is 3.23. The lowest BCUT2D eigenvalue weighted by Crippen LogP contribution is -1.98. The number of aromatic amines is 1. The van der Waals surface area contributed by atoms with Crippen LogP contribution in [0, 0.1) is 17.5 Å². The second kappa shape index (κ2) is 3.97. The van der Waals surface area contributed by atoms with Crippen molar-refractivity contribution in [2.45, 2.75) is 6.54 Å². The fourth-order valence-electron chi connectivity index (χ4n) is 1.42. The molecule has 0 aliphatic heterocycles. The summed E-state index contributed by atoms with van der Waals surface area (Å²) in [5, 5.41) is 6.27. The van der Waals surface area contributed by atoms with Crippen LogP contribution in [0.1, 0.15) is 5.56 Å². The molecule has 2 rings (SSSR count). The van der Waals surface area contributed by atoms with Crippen molar-refractivity contribution >= 4 is 0 Å². The first-order valence-corrected chi connectivity index (χ1v) is 4.50. The Labute approximate surface area is 89.1 Å². The van der Waals surface area contributed by atoms with Crippen molar-refractivity contribution in [2.75, 3.05) is 0 Å². The van der Waals surface area contributed by atoms with Gasteiger partial charge in [0.25, 0.3) is 0 Å². The Kier molecular flexibility index (Phi) is 2.66. The molecule has 0 radical (unpaired) electrons. The average molecular weight is 227 g/mol. The molecule has 3 N–H and O–H groups in total. The lowest BCUT2D eigenvalue weighted by molar-refractivity contribution is 0.447. The molecule has 0 unspecified atom stereocenters. The minimum absolute atomic E-state index is 0.173. The lowest BCUT2D eigenvalue weighted by atomic mass is 10.1. The number of benzene rings is 1. The molecule has 0 aliphatic rings. The molecule has 84 valence electrons. The van der Waals surface area contributed by atoms with E-state index in [9.17, 15) is 13.2 Å². The molecule has 0 aliphatic carbocycles. The molecule has 0 atom stereocenters. The van der Waals surface area contributed by atoms with Crippen LogP contribution in [-0.2, 0) is 6.54 Å². The number of hydrogen-bond donors (Lipinski definition) is 2. The SMILES string of the molecule is NCc1cn[nH]c1-c1cc(F)c(F)c(F)c1. The van der Waals surface area contributed by atoms with E-state index in [0.717, 1.165) is 12.1 Å². The quantitative estimate of drug-likeness (QED) is 0.770. The van der Waals surface area contributed by atoms with Crippen molar-refractivity contribution in [3.05, 3.63) is 41.3 Å². The van der Waals surface area contributed by atoms with E-state index in [1.165, 1.54) is 6.20 Å². The summed E-state index contributed by atoms with van der Waals surface area (Å²) in [6.45, 7) is 0.173. The van der Waals surface area contributed by atoms with E-state index in [2.05, 4.69) is 10.2 Å². The Morgan fingerprint density at radius 1 is 1.19 bits per heavy atom. The second-order valence-corrected chi connectivity index (χ2v) is 3.23. The predicted octanol–water partition coefficient (Wildman–Crippen LogP) is 1.95. The number of nitrogens with two attached hydrogens (primary N) is 1. The van der Waals surface area contributed by atoms with Crippen LogP contribution in [0.3, 0.4) is 0 Å². The van der Waals surface area contributed by atoms with E-state index in [0.29, 0.717) is 11.3 Å². The van der Waals surface area contributed by atoms with E-state index < -0.39 is 17.5 Å². The highest BCUT2D eigenvalue weighted by Gasteiger charge is 2.14. The largest absolute Gasteiger partial charge is 0.326 e. The summed E-state index contributed by atoms with van der Waals surface area (Å²) < 4.78 is 38.7. The molecule has 3 nitrogen and oxygen atoms in total. The number of aromatic nitrogens is 2. The zero-order chi connectivity index (χ0) is 11.7. The van der Waals surface area contributed by atoms with Crippen LogP contribution in [0.4, 0.5) is 13.2 Å². The summed E-state index contributed by atoms with van der Waals surface area (Å²) in [7, 11) is 0. The molecule has 0 bridgehead atoms. The molecule has 0 saturated carbocycles. The Bertz CT molecular complexity index is 499. The minimum atomic E-state index is -1.49. The van der Waals surface area contributed by atoms with Crippen molar-refractivity contribution in [3.63, 3.8) is 0 Å².